The lowest BCUT2D eigenvalue weighted by molar-refractivity contribution is 0.0697. The number of hydrogen-bond acceptors (Lipinski definition) is 1. The van der Waals surface area contributed by atoms with Gasteiger partial charge in [0, 0.05) is 0 Å². The molecule has 0 saturated carbocycles. The summed E-state index contributed by atoms with van der Waals surface area (Å²) in [6.45, 7) is 0. The van der Waals surface area contributed by atoms with Crippen molar-refractivity contribution in [3.05, 3.63) is 57.8 Å². The highest BCUT2D eigenvalue weighted by atomic mass is 35.5. The van der Waals surface area contributed by atoms with E-state index in [0.717, 1.165) is 6.07 Å². The van der Waals surface area contributed by atoms with Crippen molar-refractivity contribution in [1.82, 2.24) is 0 Å². The Bertz CT molecular complexity index is 626. The van der Waals surface area contributed by atoms with E-state index in [-0.39, 0.29) is 5.56 Å². The first-order chi connectivity index (χ1) is 8.49. The quantitative estimate of drug-likeness (QED) is 0.882. The summed E-state index contributed by atoms with van der Waals surface area (Å²) in [6, 6.07) is 8.31. The third kappa shape index (κ3) is 2.47. The number of aromatic carboxylic acids is 1. The Hall–Kier alpha value is -1.58. The van der Waals surface area contributed by atoms with Gasteiger partial charge in [0.1, 0.15) is 5.82 Å². The van der Waals surface area contributed by atoms with Crippen molar-refractivity contribution >= 4 is 29.2 Å². The molecule has 0 aromatic heterocycles. The first-order valence-electron chi connectivity index (χ1n) is 4.97. The molecule has 2 nitrogen and oxygen atoms in total. The van der Waals surface area contributed by atoms with E-state index in [1.807, 2.05) is 0 Å². The second-order valence-electron chi connectivity index (χ2n) is 3.62. The molecule has 0 radical (unpaired) electrons. The minimum atomic E-state index is -1.20. The SMILES string of the molecule is O=C(O)c1cc(F)ccc1-c1ccc(Cl)c(Cl)c1. The van der Waals surface area contributed by atoms with Crippen LogP contribution in [0, 0.1) is 5.82 Å². The number of hydrogen-bond donors (Lipinski definition) is 1. The molecule has 2 aromatic carbocycles. The largest absolute Gasteiger partial charge is 0.478 e. The Balaban J connectivity index is 2.63. The van der Waals surface area contributed by atoms with E-state index < -0.39 is 11.8 Å². The minimum Gasteiger partial charge on any atom is -0.478 e. The van der Waals surface area contributed by atoms with E-state index in [1.54, 1.807) is 18.2 Å². The summed E-state index contributed by atoms with van der Waals surface area (Å²) in [6.07, 6.45) is 0. The van der Waals surface area contributed by atoms with Crippen LogP contribution >= 0.6 is 23.2 Å². The zero-order valence-corrected chi connectivity index (χ0v) is 10.5. The Kier molecular flexibility index (Phi) is 3.55. The Morgan fingerprint density at radius 3 is 2.39 bits per heavy atom. The van der Waals surface area contributed by atoms with Gasteiger partial charge < -0.3 is 5.11 Å². The van der Waals surface area contributed by atoms with Crippen molar-refractivity contribution < 1.29 is 14.3 Å². The molecule has 0 aliphatic rings. The highest BCUT2D eigenvalue weighted by molar-refractivity contribution is 6.42. The van der Waals surface area contributed by atoms with Crippen LogP contribution in [0.15, 0.2) is 36.4 Å². The average molecular weight is 285 g/mol. The van der Waals surface area contributed by atoms with Crippen molar-refractivity contribution in [2.45, 2.75) is 0 Å². The fourth-order valence-corrected chi connectivity index (χ4v) is 1.91. The highest BCUT2D eigenvalue weighted by Gasteiger charge is 2.13. The lowest BCUT2D eigenvalue weighted by atomic mass is 9.99. The molecular formula is C13H7Cl2FO2. The van der Waals surface area contributed by atoms with Crippen LogP contribution in [0.25, 0.3) is 11.1 Å². The van der Waals surface area contributed by atoms with Crippen molar-refractivity contribution in [3.8, 4) is 11.1 Å². The monoisotopic (exact) mass is 284 g/mol. The van der Waals surface area contributed by atoms with Gasteiger partial charge in [-0.2, -0.15) is 0 Å². The summed E-state index contributed by atoms with van der Waals surface area (Å²) in [5.41, 5.74) is 0.845. The van der Waals surface area contributed by atoms with Gasteiger partial charge in [-0.05, 0) is 35.4 Å². The number of benzene rings is 2. The molecule has 5 heteroatoms. The predicted octanol–water partition coefficient (Wildman–Crippen LogP) is 4.50. The number of halogens is 3. The summed E-state index contributed by atoms with van der Waals surface area (Å²) in [5, 5.41) is 9.74. The number of carboxylic acid groups (broad SMARTS) is 1. The molecule has 18 heavy (non-hydrogen) atoms. The van der Waals surface area contributed by atoms with Crippen LogP contribution in [0.2, 0.25) is 10.0 Å². The van der Waals surface area contributed by atoms with Crippen LogP contribution in [0.3, 0.4) is 0 Å². The zero-order valence-electron chi connectivity index (χ0n) is 8.95. The molecule has 1 N–H and O–H groups in total. The van der Waals surface area contributed by atoms with Gasteiger partial charge in [-0.1, -0.05) is 35.3 Å². The normalized spacial score (nSPS) is 10.4. The first kappa shape index (κ1) is 12.9. The van der Waals surface area contributed by atoms with E-state index in [4.69, 9.17) is 28.3 Å². The van der Waals surface area contributed by atoms with E-state index in [2.05, 4.69) is 0 Å². The van der Waals surface area contributed by atoms with E-state index >= 15 is 0 Å². The number of rotatable bonds is 2. The van der Waals surface area contributed by atoms with Crippen LogP contribution in [0.4, 0.5) is 4.39 Å². The minimum absolute atomic E-state index is 0.117. The fraction of sp³-hybridized carbons (Fsp3) is 0. The first-order valence-corrected chi connectivity index (χ1v) is 5.73. The molecule has 0 aliphatic heterocycles. The molecule has 0 fully saturated rings. The molecule has 0 saturated heterocycles. The van der Waals surface area contributed by atoms with Gasteiger partial charge in [0.05, 0.1) is 15.6 Å². The van der Waals surface area contributed by atoms with E-state index in [9.17, 15) is 9.18 Å². The smallest absolute Gasteiger partial charge is 0.336 e. The number of carboxylic acids is 1. The molecule has 92 valence electrons. The van der Waals surface area contributed by atoms with Crippen LogP contribution in [-0.2, 0) is 0 Å². The highest BCUT2D eigenvalue weighted by Crippen LogP contribution is 2.30. The second-order valence-corrected chi connectivity index (χ2v) is 4.44. The van der Waals surface area contributed by atoms with Crippen molar-refractivity contribution in [2.75, 3.05) is 0 Å². The van der Waals surface area contributed by atoms with Gasteiger partial charge in [0.2, 0.25) is 0 Å². The molecule has 2 rings (SSSR count). The summed E-state index contributed by atoms with van der Waals surface area (Å²) in [4.78, 5) is 11.1. The second kappa shape index (κ2) is 4.96. The fourth-order valence-electron chi connectivity index (χ4n) is 1.61. The van der Waals surface area contributed by atoms with Crippen LogP contribution < -0.4 is 0 Å². The zero-order chi connectivity index (χ0) is 13.3. The summed E-state index contributed by atoms with van der Waals surface area (Å²) >= 11 is 11.7. The molecule has 0 bridgehead atoms. The Morgan fingerprint density at radius 1 is 1.06 bits per heavy atom. The number of carbonyl (C=O) groups is 1. The summed E-state index contributed by atoms with van der Waals surface area (Å²) in [5.74, 6) is -1.80. The lowest BCUT2D eigenvalue weighted by Crippen LogP contribution is -2.00. The topological polar surface area (TPSA) is 37.3 Å². The Morgan fingerprint density at radius 2 is 1.78 bits per heavy atom. The van der Waals surface area contributed by atoms with Crippen molar-refractivity contribution in [3.63, 3.8) is 0 Å². The molecule has 0 amide bonds. The molecule has 2 aromatic rings. The maximum atomic E-state index is 13.1. The van der Waals surface area contributed by atoms with Gasteiger partial charge in [-0.3, -0.25) is 0 Å². The lowest BCUT2D eigenvalue weighted by Gasteiger charge is -2.07. The molecule has 0 aliphatic carbocycles. The maximum absolute atomic E-state index is 13.1. The molecule has 0 unspecified atom stereocenters. The standard InChI is InChI=1S/C13H7Cl2FO2/c14-11-4-1-7(5-12(11)15)9-3-2-8(16)6-10(9)13(17)18/h1-6H,(H,17,18). The van der Waals surface area contributed by atoms with Crippen LogP contribution in [-0.4, -0.2) is 11.1 Å². The molecule has 0 atom stereocenters. The molecular weight excluding hydrogens is 278 g/mol. The Labute approximate surface area is 113 Å². The van der Waals surface area contributed by atoms with Gasteiger partial charge in [-0.25, -0.2) is 9.18 Å². The van der Waals surface area contributed by atoms with Crippen molar-refractivity contribution in [1.29, 1.82) is 0 Å². The van der Waals surface area contributed by atoms with Crippen LogP contribution in [0.1, 0.15) is 10.4 Å². The molecule has 0 heterocycles. The van der Waals surface area contributed by atoms with Crippen LogP contribution in [0.5, 0.6) is 0 Å². The predicted molar refractivity (Wildman–Crippen MR) is 68.8 cm³/mol. The van der Waals surface area contributed by atoms with E-state index in [0.29, 0.717) is 21.2 Å². The third-order valence-corrected chi connectivity index (χ3v) is 3.18. The van der Waals surface area contributed by atoms with E-state index in [1.165, 1.54) is 12.1 Å². The van der Waals surface area contributed by atoms with Gasteiger partial charge in [0.15, 0.2) is 0 Å². The maximum Gasteiger partial charge on any atom is 0.336 e. The molecule has 0 spiro atoms. The summed E-state index contributed by atoms with van der Waals surface area (Å²) < 4.78 is 13.1. The summed E-state index contributed by atoms with van der Waals surface area (Å²) in [7, 11) is 0. The van der Waals surface area contributed by atoms with Gasteiger partial charge >= 0.3 is 5.97 Å². The van der Waals surface area contributed by atoms with Crippen molar-refractivity contribution in [2.24, 2.45) is 0 Å². The third-order valence-electron chi connectivity index (χ3n) is 2.44. The van der Waals surface area contributed by atoms with Gasteiger partial charge in [0.25, 0.3) is 0 Å². The van der Waals surface area contributed by atoms with Gasteiger partial charge in [-0.15, -0.1) is 0 Å². The average Bonchev–Trinajstić information content (AvgIpc) is 2.32.